The average molecular weight is 299 g/mol. The van der Waals surface area contributed by atoms with Crippen LogP contribution < -0.4 is 10.6 Å². The van der Waals surface area contributed by atoms with Crippen LogP contribution in [0.4, 0.5) is 20.4 Å². The van der Waals surface area contributed by atoms with Gasteiger partial charge in [-0.1, -0.05) is 0 Å². The Morgan fingerprint density at radius 2 is 2.00 bits per heavy atom. The molecule has 0 spiro atoms. The number of anilines is 2. The van der Waals surface area contributed by atoms with Crippen molar-refractivity contribution in [1.82, 2.24) is 4.98 Å². The van der Waals surface area contributed by atoms with Gasteiger partial charge >= 0.3 is 0 Å². The zero-order valence-corrected chi connectivity index (χ0v) is 11.7. The number of halogens is 2. The number of pyridine rings is 1. The summed E-state index contributed by atoms with van der Waals surface area (Å²) in [7, 11) is 0. The molecule has 4 nitrogen and oxygen atoms in total. The van der Waals surface area contributed by atoms with Gasteiger partial charge in [0.25, 0.3) is 0 Å². The fraction of sp³-hybridized carbons (Fsp3) is 0.308. The lowest BCUT2D eigenvalue weighted by Gasteiger charge is -2.13. The van der Waals surface area contributed by atoms with E-state index in [0.29, 0.717) is 6.54 Å². The molecule has 0 aliphatic rings. The maximum atomic E-state index is 13.6. The SMILES string of the molecule is CCNc1nc(NCC(O)c2ccsc2)c(F)cc1F. The van der Waals surface area contributed by atoms with E-state index in [1.54, 1.807) is 13.0 Å². The number of aromatic nitrogens is 1. The summed E-state index contributed by atoms with van der Waals surface area (Å²) in [5.41, 5.74) is 0.747. The van der Waals surface area contributed by atoms with Crippen molar-refractivity contribution < 1.29 is 13.9 Å². The lowest BCUT2D eigenvalue weighted by Crippen LogP contribution is -2.15. The van der Waals surface area contributed by atoms with Gasteiger partial charge in [-0.2, -0.15) is 11.3 Å². The second kappa shape index (κ2) is 6.62. The van der Waals surface area contributed by atoms with Crippen LogP contribution in [0.1, 0.15) is 18.6 Å². The number of thiophene rings is 1. The molecule has 7 heteroatoms. The topological polar surface area (TPSA) is 57.2 Å². The second-order valence-electron chi connectivity index (χ2n) is 4.13. The Morgan fingerprint density at radius 3 is 2.60 bits per heavy atom. The smallest absolute Gasteiger partial charge is 0.168 e. The Morgan fingerprint density at radius 1 is 1.30 bits per heavy atom. The molecule has 108 valence electrons. The summed E-state index contributed by atoms with van der Waals surface area (Å²) in [6.07, 6.45) is -0.768. The average Bonchev–Trinajstić information content (AvgIpc) is 2.94. The van der Waals surface area contributed by atoms with Gasteiger partial charge in [-0.3, -0.25) is 0 Å². The minimum atomic E-state index is -0.790. The molecule has 2 rings (SSSR count). The molecular formula is C13H15F2N3OS. The van der Waals surface area contributed by atoms with E-state index < -0.39 is 17.7 Å². The Hall–Kier alpha value is -1.73. The fourth-order valence-electron chi connectivity index (χ4n) is 1.66. The first-order valence-electron chi connectivity index (χ1n) is 6.15. The molecule has 0 aliphatic carbocycles. The highest BCUT2D eigenvalue weighted by Gasteiger charge is 2.13. The highest BCUT2D eigenvalue weighted by molar-refractivity contribution is 7.07. The molecule has 3 N–H and O–H groups in total. The monoisotopic (exact) mass is 299 g/mol. The summed E-state index contributed by atoms with van der Waals surface area (Å²) in [5, 5.41) is 18.9. The summed E-state index contributed by atoms with van der Waals surface area (Å²) in [5.74, 6) is -1.63. The quantitative estimate of drug-likeness (QED) is 0.767. The minimum absolute atomic E-state index is 0.0126. The van der Waals surface area contributed by atoms with Crippen molar-refractivity contribution in [3.05, 3.63) is 40.1 Å². The normalized spacial score (nSPS) is 12.2. The first-order valence-corrected chi connectivity index (χ1v) is 7.10. The van der Waals surface area contributed by atoms with Crippen LogP contribution >= 0.6 is 11.3 Å². The Labute approximate surface area is 119 Å². The zero-order valence-electron chi connectivity index (χ0n) is 10.9. The molecule has 1 unspecified atom stereocenters. The summed E-state index contributed by atoms with van der Waals surface area (Å²) < 4.78 is 27.0. The molecule has 0 saturated heterocycles. The van der Waals surface area contributed by atoms with Crippen LogP contribution in [0.5, 0.6) is 0 Å². The predicted octanol–water partition coefficient (Wildman–Crippen LogP) is 3.00. The Balaban J connectivity index is 2.07. The van der Waals surface area contributed by atoms with Gasteiger partial charge in [0.1, 0.15) is 0 Å². The van der Waals surface area contributed by atoms with E-state index >= 15 is 0 Å². The Kier molecular flexibility index (Phi) is 4.86. The molecule has 2 aromatic heterocycles. The van der Waals surface area contributed by atoms with E-state index in [1.807, 2.05) is 10.8 Å². The zero-order chi connectivity index (χ0) is 14.5. The third-order valence-corrected chi connectivity index (χ3v) is 3.37. The van der Waals surface area contributed by atoms with E-state index in [4.69, 9.17) is 0 Å². The third-order valence-electron chi connectivity index (χ3n) is 2.66. The van der Waals surface area contributed by atoms with Crippen molar-refractivity contribution in [2.24, 2.45) is 0 Å². The van der Waals surface area contributed by atoms with Gasteiger partial charge in [-0.05, 0) is 29.3 Å². The number of aliphatic hydroxyl groups is 1. The number of aliphatic hydroxyl groups excluding tert-OH is 1. The molecule has 0 radical (unpaired) electrons. The van der Waals surface area contributed by atoms with Crippen molar-refractivity contribution in [3.8, 4) is 0 Å². The standard InChI is InChI=1S/C13H15F2N3OS/c1-2-16-12-9(14)5-10(15)13(18-12)17-6-11(19)8-3-4-20-7-8/h3-5,7,11,19H,2,6H2,1H3,(H2,16,17,18). The molecule has 0 bridgehead atoms. The van der Waals surface area contributed by atoms with Gasteiger partial charge < -0.3 is 15.7 Å². The second-order valence-corrected chi connectivity index (χ2v) is 4.91. The molecule has 20 heavy (non-hydrogen) atoms. The third kappa shape index (κ3) is 3.43. The predicted molar refractivity (Wildman–Crippen MR) is 76.1 cm³/mol. The molecular weight excluding hydrogens is 284 g/mol. The molecule has 0 fully saturated rings. The van der Waals surface area contributed by atoms with Crippen molar-refractivity contribution in [2.75, 3.05) is 23.7 Å². The van der Waals surface area contributed by atoms with E-state index in [0.717, 1.165) is 11.6 Å². The van der Waals surface area contributed by atoms with Gasteiger partial charge in [0.15, 0.2) is 23.3 Å². The van der Waals surface area contributed by atoms with Gasteiger partial charge in [-0.25, -0.2) is 13.8 Å². The Bertz CT molecular complexity index is 563. The van der Waals surface area contributed by atoms with Crippen LogP contribution in [0.25, 0.3) is 0 Å². The van der Waals surface area contributed by atoms with Gasteiger partial charge in [0.05, 0.1) is 6.10 Å². The minimum Gasteiger partial charge on any atom is -0.387 e. The van der Waals surface area contributed by atoms with E-state index in [1.165, 1.54) is 11.3 Å². The maximum absolute atomic E-state index is 13.6. The van der Waals surface area contributed by atoms with Crippen LogP contribution in [-0.2, 0) is 0 Å². The lowest BCUT2D eigenvalue weighted by atomic mass is 10.2. The number of nitrogens with zero attached hydrogens (tertiary/aromatic N) is 1. The number of hydrogen-bond donors (Lipinski definition) is 3. The molecule has 0 aliphatic heterocycles. The summed E-state index contributed by atoms with van der Waals surface area (Å²) in [6.45, 7) is 2.36. The van der Waals surface area contributed by atoms with E-state index in [2.05, 4.69) is 15.6 Å². The summed E-state index contributed by atoms with van der Waals surface area (Å²) >= 11 is 1.47. The highest BCUT2D eigenvalue weighted by atomic mass is 32.1. The highest BCUT2D eigenvalue weighted by Crippen LogP contribution is 2.21. The van der Waals surface area contributed by atoms with Gasteiger partial charge in [0, 0.05) is 19.2 Å². The first kappa shape index (κ1) is 14.7. The maximum Gasteiger partial charge on any atom is 0.168 e. The van der Waals surface area contributed by atoms with Crippen LogP contribution in [0.3, 0.4) is 0 Å². The fourth-order valence-corrected chi connectivity index (χ4v) is 2.36. The van der Waals surface area contributed by atoms with Gasteiger partial charge in [0.2, 0.25) is 0 Å². The van der Waals surface area contributed by atoms with Crippen LogP contribution in [0.2, 0.25) is 0 Å². The molecule has 0 amide bonds. The van der Waals surface area contributed by atoms with Crippen molar-refractivity contribution in [2.45, 2.75) is 13.0 Å². The van der Waals surface area contributed by atoms with Crippen molar-refractivity contribution in [3.63, 3.8) is 0 Å². The van der Waals surface area contributed by atoms with Crippen LogP contribution in [0, 0.1) is 11.6 Å². The first-order chi connectivity index (χ1) is 9.61. The molecule has 1 atom stereocenters. The largest absolute Gasteiger partial charge is 0.387 e. The number of nitrogens with one attached hydrogen (secondary N) is 2. The molecule has 2 aromatic rings. The van der Waals surface area contributed by atoms with Crippen LogP contribution in [-0.4, -0.2) is 23.2 Å². The summed E-state index contributed by atoms with van der Waals surface area (Å²) in [6, 6.07) is 2.56. The molecule has 0 aromatic carbocycles. The lowest BCUT2D eigenvalue weighted by molar-refractivity contribution is 0.192. The molecule has 0 saturated carbocycles. The number of rotatable bonds is 6. The molecule has 2 heterocycles. The van der Waals surface area contributed by atoms with Crippen LogP contribution in [0.15, 0.2) is 22.9 Å². The summed E-state index contributed by atoms with van der Waals surface area (Å²) in [4.78, 5) is 3.83. The van der Waals surface area contributed by atoms with Gasteiger partial charge in [-0.15, -0.1) is 0 Å². The van der Waals surface area contributed by atoms with E-state index in [-0.39, 0.29) is 18.2 Å². The van der Waals surface area contributed by atoms with Crippen molar-refractivity contribution in [1.29, 1.82) is 0 Å². The van der Waals surface area contributed by atoms with Crippen molar-refractivity contribution >= 4 is 23.0 Å². The number of hydrogen-bond acceptors (Lipinski definition) is 5. The van der Waals surface area contributed by atoms with E-state index in [9.17, 15) is 13.9 Å².